The van der Waals surface area contributed by atoms with E-state index in [1.165, 1.54) is 6.07 Å². The second-order valence-electron chi connectivity index (χ2n) is 5.72. The topological polar surface area (TPSA) is 41.4 Å². The molecule has 0 radical (unpaired) electrons. The summed E-state index contributed by atoms with van der Waals surface area (Å²) in [5.74, 6) is -0.196. The molecule has 1 saturated heterocycles. The number of amides is 1. The Morgan fingerprint density at radius 2 is 1.91 bits per heavy atom. The van der Waals surface area contributed by atoms with E-state index in [2.05, 4.69) is 10.00 Å². The number of piperazine rings is 1. The normalized spacial score (nSPS) is 15.8. The Morgan fingerprint density at radius 3 is 2.57 bits per heavy atom. The Kier molecular flexibility index (Phi) is 4.71. The molecule has 1 aromatic heterocycles. The Hall–Kier alpha value is -2.21. The maximum Gasteiger partial charge on any atom is 0.274 e. The predicted molar refractivity (Wildman–Crippen MR) is 85.5 cm³/mol. The van der Waals surface area contributed by atoms with Crippen LogP contribution in [0.4, 0.5) is 4.39 Å². The second kappa shape index (κ2) is 6.91. The van der Waals surface area contributed by atoms with Crippen LogP contribution in [0, 0.1) is 5.82 Å². The number of carbonyl (C=O) groups excluding carboxylic acids is 1. The fraction of sp³-hybridized carbons (Fsp3) is 0.412. The first kappa shape index (κ1) is 15.7. The van der Waals surface area contributed by atoms with E-state index in [0.29, 0.717) is 30.9 Å². The highest BCUT2D eigenvalue weighted by Gasteiger charge is 2.23. The van der Waals surface area contributed by atoms with Crippen LogP contribution in [0.3, 0.4) is 0 Å². The van der Waals surface area contributed by atoms with Gasteiger partial charge < -0.3 is 4.90 Å². The highest BCUT2D eigenvalue weighted by molar-refractivity contribution is 5.92. The Morgan fingerprint density at radius 1 is 1.17 bits per heavy atom. The summed E-state index contributed by atoms with van der Waals surface area (Å²) >= 11 is 0. The third-order valence-corrected chi connectivity index (χ3v) is 4.20. The molecule has 1 aliphatic heterocycles. The zero-order valence-corrected chi connectivity index (χ0v) is 13.3. The summed E-state index contributed by atoms with van der Waals surface area (Å²) < 4.78 is 15.5. The molecule has 1 aliphatic rings. The number of nitrogens with zero attached hydrogens (tertiary/aromatic N) is 4. The van der Waals surface area contributed by atoms with Crippen molar-refractivity contribution in [3.8, 4) is 0 Å². The van der Waals surface area contributed by atoms with Crippen LogP contribution in [0.2, 0.25) is 0 Å². The summed E-state index contributed by atoms with van der Waals surface area (Å²) in [5, 5.41) is 4.26. The average Bonchev–Trinajstić information content (AvgIpc) is 3.06. The van der Waals surface area contributed by atoms with Crippen LogP contribution in [0.15, 0.2) is 36.5 Å². The molecular formula is C17H21FN4O. The lowest BCUT2D eigenvalue weighted by atomic mass is 10.2. The molecule has 0 aliphatic carbocycles. The third kappa shape index (κ3) is 3.59. The number of aryl methyl sites for hydroxylation is 1. The van der Waals surface area contributed by atoms with Crippen molar-refractivity contribution in [1.29, 1.82) is 0 Å². The zero-order chi connectivity index (χ0) is 16.2. The van der Waals surface area contributed by atoms with Gasteiger partial charge in [-0.25, -0.2) is 4.39 Å². The SMILES string of the molecule is CCn1ccc(C(=O)N2CCN(Cc3ccccc3F)CC2)n1. The molecule has 3 rings (SSSR count). The first-order valence-corrected chi connectivity index (χ1v) is 7.96. The molecule has 0 bridgehead atoms. The quantitative estimate of drug-likeness (QED) is 0.866. The molecule has 0 atom stereocenters. The van der Waals surface area contributed by atoms with Gasteiger partial charge in [-0.2, -0.15) is 5.10 Å². The summed E-state index contributed by atoms with van der Waals surface area (Å²) in [5.41, 5.74) is 1.20. The number of carbonyl (C=O) groups is 1. The van der Waals surface area contributed by atoms with Gasteiger partial charge in [0.05, 0.1) is 0 Å². The van der Waals surface area contributed by atoms with Gasteiger partial charge in [-0.15, -0.1) is 0 Å². The van der Waals surface area contributed by atoms with Crippen molar-refractivity contribution in [2.75, 3.05) is 26.2 Å². The van der Waals surface area contributed by atoms with Gasteiger partial charge in [-0.1, -0.05) is 18.2 Å². The number of hydrogen-bond acceptors (Lipinski definition) is 3. The minimum absolute atomic E-state index is 0.0252. The van der Waals surface area contributed by atoms with Crippen LogP contribution in [0.25, 0.3) is 0 Å². The second-order valence-corrected chi connectivity index (χ2v) is 5.72. The van der Waals surface area contributed by atoms with Crippen molar-refractivity contribution in [2.24, 2.45) is 0 Å². The molecule has 6 heteroatoms. The van der Waals surface area contributed by atoms with E-state index in [-0.39, 0.29) is 11.7 Å². The lowest BCUT2D eigenvalue weighted by Crippen LogP contribution is -2.48. The molecule has 2 heterocycles. The van der Waals surface area contributed by atoms with Gasteiger partial charge in [-0.05, 0) is 19.1 Å². The Labute approximate surface area is 135 Å². The Bertz CT molecular complexity index is 677. The molecule has 1 aromatic carbocycles. The smallest absolute Gasteiger partial charge is 0.274 e. The molecule has 0 unspecified atom stereocenters. The number of halogens is 1. The molecule has 0 spiro atoms. The fourth-order valence-corrected chi connectivity index (χ4v) is 2.79. The summed E-state index contributed by atoms with van der Waals surface area (Å²) in [6, 6.07) is 8.61. The minimum Gasteiger partial charge on any atom is -0.335 e. The number of hydrogen-bond donors (Lipinski definition) is 0. The van der Waals surface area contributed by atoms with Crippen LogP contribution >= 0.6 is 0 Å². The maximum atomic E-state index is 13.7. The molecule has 1 amide bonds. The van der Waals surface area contributed by atoms with Crippen molar-refractivity contribution in [3.05, 3.63) is 53.6 Å². The number of aromatic nitrogens is 2. The van der Waals surface area contributed by atoms with E-state index in [0.717, 1.165) is 19.6 Å². The van der Waals surface area contributed by atoms with E-state index in [1.807, 2.05) is 30.2 Å². The fourth-order valence-electron chi connectivity index (χ4n) is 2.79. The van der Waals surface area contributed by atoms with Gasteiger partial charge >= 0.3 is 0 Å². The van der Waals surface area contributed by atoms with Gasteiger partial charge in [-0.3, -0.25) is 14.4 Å². The highest BCUT2D eigenvalue weighted by atomic mass is 19.1. The van der Waals surface area contributed by atoms with Crippen LogP contribution in [0.1, 0.15) is 23.0 Å². The highest BCUT2D eigenvalue weighted by Crippen LogP contribution is 2.13. The first-order valence-electron chi connectivity index (χ1n) is 7.96. The van der Waals surface area contributed by atoms with Crippen molar-refractivity contribution in [1.82, 2.24) is 19.6 Å². The molecule has 0 N–H and O–H groups in total. The van der Waals surface area contributed by atoms with E-state index < -0.39 is 0 Å². The summed E-state index contributed by atoms with van der Waals surface area (Å²) in [4.78, 5) is 16.4. The molecule has 0 saturated carbocycles. The first-order chi connectivity index (χ1) is 11.2. The Balaban J connectivity index is 1.56. The lowest BCUT2D eigenvalue weighted by molar-refractivity contribution is 0.0620. The third-order valence-electron chi connectivity index (χ3n) is 4.20. The number of rotatable bonds is 4. The van der Waals surface area contributed by atoms with Crippen molar-refractivity contribution in [3.63, 3.8) is 0 Å². The van der Waals surface area contributed by atoms with Gasteiger partial charge in [0.1, 0.15) is 11.5 Å². The average molecular weight is 316 g/mol. The van der Waals surface area contributed by atoms with E-state index in [9.17, 15) is 9.18 Å². The van der Waals surface area contributed by atoms with Crippen LogP contribution in [-0.4, -0.2) is 51.7 Å². The van der Waals surface area contributed by atoms with E-state index in [4.69, 9.17) is 0 Å². The molecule has 23 heavy (non-hydrogen) atoms. The van der Waals surface area contributed by atoms with Crippen molar-refractivity contribution < 1.29 is 9.18 Å². The van der Waals surface area contributed by atoms with Gasteiger partial charge in [0.15, 0.2) is 0 Å². The molecular weight excluding hydrogens is 295 g/mol. The summed E-state index contributed by atoms with van der Waals surface area (Å²) in [7, 11) is 0. The molecule has 122 valence electrons. The monoisotopic (exact) mass is 316 g/mol. The van der Waals surface area contributed by atoms with E-state index in [1.54, 1.807) is 16.8 Å². The van der Waals surface area contributed by atoms with Crippen LogP contribution in [-0.2, 0) is 13.1 Å². The molecule has 1 fully saturated rings. The predicted octanol–water partition coefficient (Wildman–Crippen LogP) is 2.00. The lowest BCUT2D eigenvalue weighted by Gasteiger charge is -2.34. The number of benzene rings is 1. The largest absolute Gasteiger partial charge is 0.335 e. The van der Waals surface area contributed by atoms with Gasteiger partial charge in [0.2, 0.25) is 0 Å². The summed E-state index contributed by atoms with van der Waals surface area (Å²) in [6.45, 7) is 6.10. The summed E-state index contributed by atoms with van der Waals surface area (Å²) in [6.07, 6.45) is 1.82. The van der Waals surface area contributed by atoms with Crippen LogP contribution < -0.4 is 0 Å². The molecule has 2 aromatic rings. The zero-order valence-electron chi connectivity index (χ0n) is 13.3. The minimum atomic E-state index is -0.170. The van der Waals surface area contributed by atoms with Crippen molar-refractivity contribution >= 4 is 5.91 Å². The standard InChI is InChI=1S/C17H21FN4O/c1-2-22-8-7-16(19-22)17(23)21-11-9-20(10-12-21)13-14-5-3-4-6-15(14)18/h3-8H,2,9-13H2,1H3. The van der Waals surface area contributed by atoms with Gasteiger partial charge in [0, 0.05) is 51.0 Å². The molecule has 5 nitrogen and oxygen atoms in total. The van der Waals surface area contributed by atoms with E-state index >= 15 is 0 Å². The van der Waals surface area contributed by atoms with Gasteiger partial charge in [0.25, 0.3) is 5.91 Å². The van der Waals surface area contributed by atoms with Crippen molar-refractivity contribution in [2.45, 2.75) is 20.0 Å². The maximum absolute atomic E-state index is 13.7. The van der Waals surface area contributed by atoms with Crippen LogP contribution in [0.5, 0.6) is 0 Å².